The van der Waals surface area contributed by atoms with Gasteiger partial charge in [-0.2, -0.15) is 9.97 Å². The quantitative estimate of drug-likeness (QED) is 0.746. The molecule has 29 heavy (non-hydrogen) atoms. The first-order chi connectivity index (χ1) is 14.1. The molecule has 2 fully saturated rings. The topological polar surface area (TPSA) is 134 Å². The molecule has 0 aliphatic carbocycles. The molecule has 156 valence electrons. The molecule has 0 saturated carbocycles. The third-order valence-electron chi connectivity index (χ3n) is 5.59. The van der Waals surface area contributed by atoms with Gasteiger partial charge in [0.05, 0.1) is 13.4 Å². The van der Waals surface area contributed by atoms with Crippen LogP contribution in [-0.4, -0.2) is 87.6 Å². The van der Waals surface area contributed by atoms with Gasteiger partial charge in [-0.3, -0.25) is 9.69 Å². The Morgan fingerprint density at radius 3 is 2.83 bits per heavy atom. The fourth-order valence-corrected chi connectivity index (χ4v) is 4.15. The van der Waals surface area contributed by atoms with Gasteiger partial charge in [-0.1, -0.05) is 0 Å². The summed E-state index contributed by atoms with van der Waals surface area (Å²) in [6.07, 6.45) is 4.42. The number of methoxy groups -OCH3 is 1. The smallest absolute Gasteiger partial charge is 0.410 e. The molecular weight excluding hydrogens is 376 g/mol. The van der Waals surface area contributed by atoms with Crippen molar-refractivity contribution in [3.05, 3.63) is 6.33 Å². The van der Waals surface area contributed by atoms with Gasteiger partial charge in [-0.05, 0) is 25.7 Å². The lowest BCUT2D eigenvalue weighted by atomic mass is 10.0. The number of nitrogens with one attached hydrogen (secondary N) is 1. The Labute approximate surface area is 168 Å². The summed E-state index contributed by atoms with van der Waals surface area (Å²) in [7, 11) is 1.35. The summed E-state index contributed by atoms with van der Waals surface area (Å²) in [5.41, 5.74) is 7.11. The zero-order valence-corrected chi connectivity index (χ0v) is 16.5. The molecule has 2 amide bonds. The van der Waals surface area contributed by atoms with E-state index in [0.717, 1.165) is 31.3 Å². The van der Waals surface area contributed by atoms with E-state index in [1.807, 2.05) is 4.90 Å². The van der Waals surface area contributed by atoms with Crippen LogP contribution in [-0.2, 0) is 9.53 Å². The number of anilines is 2. The SMILES string of the molecule is COC(=O)N1CCCCC1C(=O)N1CCCN(c2nc(N)nc3nc[nH]c23)CC1. The fraction of sp³-hybridized carbons (Fsp3) is 0.611. The van der Waals surface area contributed by atoms with Crippen LogP contribution in [0.3, 0.4) is 0 Å². The molecule has 4 heterocycles. The van der Waals surface area contributed by atoms with Gasteiger partial charge < -0.3 is 25.3 Å². The second-order valence-corrected chi connectivity index (χ2v) is 7.35. The van der Waals surface area contributed by atoms with Crippen molar-refractivity contribution in [1.82, 2.24) is 29.7 Å². The van der Waals surface area contributed by atoms with Crippen LogP contribution in [0.1, 0.15) is 25.7 Å². The minimum atomic E-state index is -0.447. The first-order valence-electron chi connectivity index (χ1n) is 9.93. The summed E-state index contributed by atoms with van der Waals surface area (Å²) >= 11 is 0. The molecule has 0 aromatic carbocycles. The Hall–Kier alpha value is -3.11. The van der Waals surface area contributed by atoms with Crippen molar-refractivity contribution in [1.29, 1.82) is 0 Å². The summed E-state index contributed by atoms with van der Waals surface area (Å²) in [4.78, 5) is 46.6. The van der Waals surface area contributed by atoms with Crippen LogP contribution >= 0.6 is 0 Å². The molecule has 0 bridgehead atoms. The van der Waals surface area contributed by atoms with Crippen LogP contribution < -0.4 is 10.6 Å². The zero-order chi connectivity index (χ0) is 20.4. The number of nitrogens with two attached hydrogens (primary N) is 1. The predicted octanol–water partition coefficient (Wildman–Crippen LogP) is 0.595. The van der Waals surface area contributed by atoms with Crippen molar-refractivity contribution in [3.8, 4) is 0 Å². The van der Waals surface area contributed by atoms with Crippen molar-refractivity contribution < 1.29 is 14.3 Å². The van der Waals surface area contributed by atoms with E-state index in [2.05, 4.69) is 24.8 Å². The van der Waals surface area contributed by atoms with E-state index < -0.39 is 12.1 Å². The number of carbonyl (C=O) groups excluding carboxylic acids is 2. The number of aromatic nitrogens is 4. The monoisotopic (exact) mass is 402 g/mol. The van der Waals surface area contributed by atoms with Gasteiger partial charge in [0.25, 0.3) is 0 Å². The van der Waals surface area contributed by atoms with Crippen LogP contribution in [0.15, 0.2) is 6.33 Å². The zero-order valence-electron chi connectivity index (χ0n) is 16.5. The molecule has 11 heteroatoms. The first kappa shape index (κ1) is 19.2. The number of imidazole rings is 1. The minimum Gasteiger partial charge on any atom is -0.453 e. The molecular formula is C18H26N8O3. The highest BCUT2D eigenvalue weighted by atomic mass is 16.5. The highest BCUT2D eigenvalue weighted by Gasteiger charge is 2.36. The third kappa shape index (κ3) is 3.76. The second-order valence-electron chi connectivity index (χ2n) is 7.35. The second kappa shape index (κ2) is 8.10. The molecule has 11 nitrogen and oxygen atoms in total. The lowest BCUT2D eigenvalue weighted by Gasteiger charge is -2.36. The van der Waals surface area contributed by atoms with E-state index in [-0.39, 0.29) is 11.9 Å². The molecule has 1 unspecified atom stereocenters. The van der Waals surface area contributed by atoms with Gasteiger partial charge in [0.2, 0.25) is 11.9 Å². The van der Waals surface area contributed by atoms with E-state index in [1.54, 1.807) is 11.2 Å². The standard InChI is InChI=1S/C18H26N8O3/c1-29-18(28)26-8-3-2-5-12(26)16(27)25-7-4-6-24(9-10-25)15-13-14(21-11-20-13)22-17(19)23-15/h11-12H,2-10H2,1H3,(H3,19,20,21,22,23). The van der Waals surface area contributed by atoms with Crippen molar-refractivity contribution in [3.63, 3.8) is 0 Å². The van der Waals surface area contributed by atoms with Gasteiger partial charge >= 0.3 is 6.09 Å². The Balaban J connectivity index is 1.49. The Morgan fingerprint density at radius 1 is 1.14 bits per heavy atom. The summed E-state index contributed by atoms with van der Waals surface area (Å²) in [6, 6.07) is -0.447. The predicted molar refractivity (Wildman–Crippen MR) is 106 cm³/mol. The highest BCUT2D eigenvalue weighted by molar-refractivity contribution is 5.86. The summed E-state index contributed by atoms with van der Waals surface area (Å²) in [6.45, 7) is 3.08. The number of rotatable bonds is 2. The summed E-state index contributed by atoms with van der Waals surface area (Å²) in [5, 5.41) is 0. The number of carbonyl (C=O) groups is 2. The molecule has 2 aromatic rings. The van der Waals surface area contributed by atoms with Gasteiger partial charge in [0, 0.05) is 32.7 Å². The maximum Gasteiger partial charge on any atom is 0.410 e. The van der Waals surface area contributed by atoms with Crippen LogP contribution in [0.5, 0.6) is 0 Å². The Kier molecular flexibility index (Phi) is 5.36. The van der Waals surface area contributed by atoms with E-state index in [9.17, 15) is 9.59 Å². The lowest BCUT2D eigenvalue weighted by molar-refractivity contribution is -0.137. The number of amides is 2. The molecule has 4 rings (SSSR count). The van der Waals surface area contributed by atoms with Gasteiger partial charge in [-0.25, -0.2) is 9.78 Å². The molecule has 2 aliphatic heterocycles. The lowest BCUT2D eigenvalue weighted by Crippen LogP contribution is -2.53. The Morgan fingerprint density at radius 2 is 2.00 bits per heavy atom. The van der Waals surface area contributed by atoms with Crippen LogP contribution in [0.2, 0.25) is 0 Å². The molecule has 0 spiro atoms. The van der Waals surface area contributed by atoms with Gasteiger partial charge in [-0.15, -0.1) is 0 Å². The van der Waals surface area contributed by atoms with E-state index >= 15 is 0 Å². The largest absolute Gasteiger partial charge is 0.453 e. The average Bonchev–Trinajstić information content (AvgIpc) is 3.07. The molecule has 2 saturated heterocycles. The van der Waals surface area contributed by atoms with Crippen molar-refractivity contribution in [2.45, 2.75) is 31.7 Å². The van der Waals surface area contributed by atoms with Gasteiger partial charge in [0.1, 0.15) is 11.6 Å². The average molecular weight is 402 g/mol. The maximum absolute atomic E-state index is 13.2. The molecule has 3 N–H and O–H groups in total. The molecule has 1 atom stereocenters. The number of hydrogen-bond donors (Lipinski definition) is 2. The van der Waals surface area contributed by atoms with Crippen LogP contribution in [0, 0.1) is 0 Å². The first-order valence-corrected chi connectivity index (χ1v) is 9.93. The minimum absolute atomic E-state index is 0.00848. The van der Waals surface area contributed by atoms with Crippen LogP contribution in [0.25, 0.3) is 11.2 Å². The number of H-pyrrole nitrogens is 1. The molecule has 2 aliphatic rings. The number of nitrogens with zero attached hydrogens (tertiary/aromatic N) is 6. The fourth-order valence-electron chi connectivity index (χ4n) is 4.15. The molecule has 2 aromatic heterocycles. The van der Waals surface area contributed by atoms with Gasteiger partial charge in [0.15, 0.2) is 11.5 Å². The van der Waals surface area contributed by atoms with Crippen molar-refractivity contribution >= 4 is 34.9 Å². The number of fused-ring (bicyclic) bond motifs is 1. The summed E-state index contributed by atoms with van der Waals surface area (Å²) in [5.74, 6) is 0.867. The van der Waals surface area contributed by atoms with E-state index in [1.165, 1.54) is 7.11 Å². The number of piperidine rings is 1. The Bertz CT molecular complexity index is 900. The molecule has 0 radical (unpaired) electrons. The normalized spacial score (nSPS) is 20.6. The maximum atomic E-state index is 13.2. The third-order valence-corrected chi connectivity index (χ3v) is 5.59. The summed E-state index contributed by atoms with van der Waals surface area (Å²) < 4.78 is 4.87. The van der Waals surface area contributed by atoms with E-state index in [0.29, 0.717) is 44.1 Å². The number of hydrogen-bond acceptors (Lipinski definition) is 8. The number of likely N-dealkylation sites (tertiary alicyclic amines) is 1. The van der Waals surface area contributed by atoms with E-state index in [4.69, 9.17) is 10.5 Å². The van der Waals surface area contributed by atoms with Crippen molar-refractivity contribution in [2.24, 2.45) is 0 Å². The number of aromatic amines is 1. The number of nitrogen functional groups attached to an aromatic ring is 1. The number of ether oxygens (including phenoxy) is 1. The highest BCUT2D eigenvalue weighted by Crippen LogP contribution is 2.24. The van der Waals surface area contributed by atoms with Crippen LogP contribution in [0.4, 0.5) is 16.6 Å². The van der Waals surface area contributed by atoms with Crippen molar-refractivity contribution in [2.75, 3.05) is 50.5 Å².